The van der Waals surface area contributed by atoms with Gasteiger partial charge in [-0.05, 0) is 31.0 Å². The Kier molecular flexibility index (Phi) is 12.3. The molecule has 0 bridgehead atoms. The average molecular weight is 772 g/mol. The van der Waals surface area contributed by atoms with E-state index >= 15 is 0 Å². The van der Waals surface area contributed by atoms with Crippen molar-refractivity contribution in [2.75, 3.05) is 19.7 Å². The van der Waals surface area contributed by atoms with Gasteiger partial charge in [0.15, 0.2) is 29.0 Å². The number of hydrogen-bond acceptors (Lipinski definition) is 16. The number of nitrogens with zero attached hydrogens (tertiary/aromatic N) is 2. The lowest BCUT2D eigenvalue weighted by molar-refractivity contribution is -0.288. The van der Waals surface area contributed by atoms with E-state index in [4.69, 9.17) is 44.4 Å². The molecule has 5 rings (SSSR count). The molecule has 0 radical (unpaired) electrons. The SMILES string of the molecule is CC(=O)OCC1OC(Oc2cc3oc4c(C(=O)NCCCCN5C(=O)C=CC5=O)c(=O)ccc-4nc3cc2Cl)C(OC(C)=O)C(OC(C)=O)C1OC(C)=O. The molecule has 3 heterocycles. The van der Waals surface area contributed by atoms with Crippen LogP contribution in [0, 0.1) is 0 Å². The predicted molar refractivity (Wildman–Crippen MR) is 182 cm³/mol. The van der Waals surface area contributed by atoms with Crippen molar-refractivity contribution in [3.63, 3.8) is 0 Å². The van der Waals surface area contributed by atoms with E-state index in [2.05, 4.69) is 10.3 Å². The smallest absolute Gasteiger partial charge is 0.303 e. The van der Waals surface area contributed by atoms with E-state index in [0.29, 0.717) is 12.8 Å². The first kappa shape index (κ1) is 39.3. The average Bonchev–Trinajstić information content (AvgIpc) is 3.41. The quantitative estimate of drug-likeness (QED) is 0.0858. The number of imide groups is 1. The van der Waals surface area contributed by atoms with Crippen LogP contribution < -0.4 is 15.5 Å². The molecule has 1 fully saturated rings. The third kappa shape index (κ3) is 9.18. The molecule has 3 aliphatic heterocycles. The first-order valence-electron chi connectivity index (χ1n) is 16.5. The Hall–Kier alpha value is -5.88. The fourth-order valence-corrected chi connectivity index (χ4v) is 5.93. The fourth-order valence-electron chi connectivity index (χ4n) is 5.73. The molecule has 5 unspecified atom stereocenters. The molecule has 1 saturated heterocycles. The van der Waals surface area contributed by atoms with Crippen molar-refractivity contribution >= 4 is 64.3 Å². The largest absolute Gasteiger partial charge is 0.463 e. The van der Waals surface area contributed by atoms with Crippen molar-refractivity contribution in [3.05, 3.63) is 57.2 Å². The van der Waals surface area contributed by atoms with Gasteiger partial charge in [-0.2, -0.15) is 0 Å². The Bertz CT molecular complexity index is 2040. The third-order valence-corrected chi connectivity index (χ3v) is 8.27. The van der Waals surface area contributed by atoms with E-state index < -0.39 is 84.3 Å². The number of amides is 3. The number of nitrogens with one attached hydrogen (secondary N) is 1. The van der Waals surface area contributed by atoms with Gasteiger partial charge in [-0.1, -0.05) is 11.6 Å². The number of ether oxygens (including phenoxy) is 6. The maximum atomic E-state index is 13.2. The first-order valence-corrected chi connectivity index (χ1v) is 16.9. The van der Waals surface area contributed by atoms with Gasteiger partial charge in [0.25, 0.3) is 17.7 Å². The number of aromatic nitrogens is 1. The standard InChI is InChI=1S/C35H34ClN3O15/c1-16(40)48-15-26-31(49-17(2)41)32(50-18(3)42)33(51-19(4)43)35(54-26)53-24-14-25-22(13-20(24)36)38-21-7-8-23(44)29(30(21)52-25)34(47)37-11-5-6-12-39-27(45)9-10-28(39)46/h7-10,13-14,26,31-33,35H,5-6,11-12,15H2,1-4H3,(H,37,47). The number of unbranched alkanes of at least 4 members (excludes halogenated alkanes) is 1. The first-order chi connectivity index (χ1) is 25.6. The molecule has 1 aromatic rings. The van der Waals surface area contributed by atoms with Crippen LogP contribution in [0.25, 0.3) is 22.6 Å². The second kappa shape index (κ2) is 16.9. The van der Waals surface area contributed by atoms with E-state index in [-0.39, 0.29) is 52.0 Å². The van der Waals surface area contributed by atoms with Gasteiger partial charge in [-0.15, -0.1) is 0 Å². The van der Waals surface area contributed by atoms with Crippen LogP contribution in [0.2, 0.25) is 5.02 Å². The van der Waals surface area contributed by atoms with Crippen LogP contribution in [0.1, 0.15) is 50.9 Å². The number of hydrogen-bond donors (Lipinski definition) is 1. The van der Waals surface area contributed by atoms with E-state index in [0.717, 1.165) is 38.7 Å². The van der Waals surface area contributed by atoms with Crippen LogP contribution in [-0.2, 0) is 52.5 Å². The van der Waals surface area contributed by atoms with Gasteiger partial charge in [-0.25, -0.2) is 4.98 Å². The Morgan fingerprint density at radius 2 is 1.50 bits per heavy atom. The summed E-state index contributed by atoms with van der Waals surface area (Å²) in [7, 11) is 0. The number of fused-ring (bicyclic) bond motifs is 2. The van der Waals surface area contributed by atoms with Crippen molar-refractivity contribution in [2.24, 2.45) is 0 Å². The monoisotopic (exact) mass is 771 g/mol. The van der Waals surface area contributed by atoms with Crippen molar-refractivity contribution in [1.82, 2.24) is 15.2 Å². The summed E-state index contributed by atoms with van der Waals surface area (Å²) in [5, 5.41) is 2.59. The van der Waals surface area contributed by atoms with Gasteiger partial charge in [0.2, 0.25) is 12.4 Å². The Labute approximate surface area is 310 Å². The van der Waals surface area contributed by atoms with Crippen molar-refractivity contribution in [1.29, 1.82) is 0 Å². The summed E-state index contributed by atoms with van der Waals surface area (Å²) in [6.07, 6.45) is -4.26. The maximum absolute atomic E-state index is 13.2. The minimum absolute atomic E-state index is 0.0132. The van der Waals surface area contributed by atoms with Crippen LogP contribution >= 0.6 is 11.6 Å². The number of rotatable bonds is 13. The lowest BCUT2D eigenvalue weighted by Crippen LogP contribution is -2.63. The topological polar surface area (TPSA) is 233 Å². The lowest BCUT2D eigenvalue weighted by atomic mass is 9.98. The van der Waals surface area contributed by atoms with Crippen molar-refractivity contribution < 1.29 is 66.4 Å². The summed E-state index contributed by atoms with van der Waals surface area (Å²) in [5.41, 5.74) is -0.678. The Morgan fingerprint density at radius 3 is 2.15 bits per heavy atom. The third-order valence-electron chi connectivity index (χ3n) is 7.98. The van der Waals surface area contributed by atoms with Crippen molar-refractivity contribution in [3.8, 4) is 17.2 Å². The molecule has 19 heteroatoms. The highest BCUT2D eigenvalue weighted by Crippen LogP contribution is 2.37. The molecule has 54 heavy (non-hydrogen) atoms. The summed E-state index contributed by atoms with van der Waals surface area (Å²) in [6.45, 7) is 4.14. The van der Waals surface area contributed by atoms with E-state index in [1.807, 2.05) is 0 Å². The Balaban J connectivity index is 1.43. The maximum Gasteiger partial charge on any atom is 0.303 e. The molecule has 3 amide bonds. The van der Waals surface area contributed by atoms with E-state index in [9.17, 15) is 38.4 Å². The van der Waals surface area contributed by atoms with Gasteiger partial charge in [0, 0.05) is 59.0 Å². The van der Waals surface area contributed by atoms with Gasteiger partial charge >= 0.3 is 23.9 Å². The second-order valence-electron chi connectivity index (χ2n) is 12.1. The summed E-state index contributed by atoms with van der Waals surface area (Å²) in [5.74, 6) is -5.10. The molecule has 1 aliphatic carbocycles. The van der Waals surface area contributed by atoms with E-state index in [1.165, 1.54) is 30.4 Å². The minimum atomic E-state index is -1.62. The lowest BCUT2D eigenvalue weighted by Gasteiger charge is -2.43. The Morgan fingerprint density at radius 1 is 0.852 bits per heavy atom. The molecule has 286 valence electrons. The van der Waals surface area contributed by atoms with Crippen LogP contribution in [0.5, 0.6) is 5.75 Å². The van der Waals surface area contributed by atoms with Crippen LogP contribution in [-0.4, -0.2) is 102 Å². The summed E-state index contributed by atoms with van der Waals surface area (Å²) in [4.78, 5) is 103. The number of carbonyl (C=O) groups is 7. The van der Waals surface area contributed by atoms with Gasteiger partial charge in [0.1, 0.15) is 35.2 Å². The zero-order valence-electron chi connectivity index (χ0n) is 29.3. The number of carbonyl (C=O) groups excluding carboxylic acids is 7. The minimum Gasteiger partial charge on any atom is -0.463 e. The van der Waals surface area contributed by atoms with Crippen LogP contribution in [0.3, 0.4) is 0 Å². The highest BCUT2D eigenvalue weighted by molar-refractivity contribution is 6.32. The van der Waals surface area contributed by atoms with Gasteiger partial charge < -0.3 is 38.2 Å². The summed E-state index contributed by atoms with van der Waals surface area (Å²) in [6, 6.07) is 5.15. The zero-order valence-corrected chi connectivity index (χ0v) is 30.0. The van der Waals surface area contributed by atoms with Gasteiger partial charge in [-0.3, -0.25) is 43.3 Å². The molecule has 0 spiro atoms. The molecule has 18 nitrogen and oxygen atoms in total. The van der Waals surface area contributed by atoms with Crippen LogP contribution in [0.15, 0.2) is 45.6 Å². The highest BCUT2D eigenvalue weighted by atomic mass is 35.5. The van der Waals surface area contributed by atoms with Gasteiger partial charge in [0.05, 0.1) is 5.02 Å². The predicted octanol–water partition coefficient (Wildman–Crippen LogP) is 1.84. The normalized spacial score (nSPS) is 20.8. The molecule has 1 aromatic carbocycles. The molecular weight excluding hydrogens is 738 g/mol. The number of esters is 4. The fraction of sp³-hybridized carbons (Fsp3) is 0.400. The number of benzene rings is 2. The second-order valence-corrected chi connectivity index (χ2v) is 12.5. The molecule has 0 saturated carbocycles. The van der Waals surface area contributed by atoms with E-state index in [1.54, 1.807) is 0 Å². The highest BCUT2D eigenvalue weighted by Gasteiger charge is 2.53. The number of halogens is 1. The zero-order chi connectivity index (χ0) is 39.3. The molecule has 0 aromatic heterocycles. The summed E-state index contributed by atoms with van der Waals surface area (Å²) >= 11 is 6.58. The summed E-state index contributed by atoms with van der Waals surface area (Å²) < 4.78 is 39.4. The molecule has 4 aliphatic rings. The molecular formula is C35H34ClN3O15. The molecule has 1 N–H and O–H groups in total. The van der Waals surface area contributed by atoms with Crippen molar-refractivity contribution in [2.45, 2.75) is 71.2 Å². The van der Waals surface area contributed by atoms with Crippen LogP contribution in [0.4, 0.5) is 0 Å². The molecule has 5 atom stereocenters.